The topological polar surface area (TPSA) is 133 Å². The lowest BCUT2D eigenvalue weighted by molar-refractivity contribution is -0.140. The molecule has 1 aliphatic carbocycles. The van der Waals surface area contributed by atoms with Gasteiger partial charge in [0.15, 0.2) is 5.69 Å². The lowest BCUT2D eigenvalue weighted by Gasteiger charge is -2.40. The molecular formula is C23H34N4O6. The molecule has 0 spiro atoms. The summed E-state index contributed by atoms with van der Waals surface area (Å²) >= 11 is 0. The molecule has 2 N–H and O–H groups in total. The minimum Gasteiger partial charge on any atom is -0.481 e. The molecule has 0 bridgehead atoms. The highest BCUT2D eigenvalue weighted by molar-refractivity contribution is 5.96. The van der Waals surface area contributed by atoms with Crippen molar-refractivity contribution >= 4 is 23.7 Å². The van der Waals surface area contributed by atoms with E-state index in [4.69, 9.17) is 14.4 Å². The Morgan fingerprint density at radius 2 is 1.97 bits per heavy atom. The Bertz CT molecular complexity index is 889. The van der Waals surface area contributed by atoms with Crippen molar-refractivity contribution in [3.63, 3.8) is 0 Å². The van der Waals surface area contributed by atoms with E-state index in [2.05, 4.69) is 24.3 Å². The first-order valence-corrected chi connectivity index (χ1v) is 11.6. The van der Waals surface area contributed by atoms with Gasteiger partial charge in [0.2, 0.25) is 11.8 Å². The van der Waals surface area contributed by atoms with Gasteiger partial charge in [-0.15, -0.1) is 0 Å². The number of amides is 3. The monoisotopic (exact) mass is 462 g/mol. The third-order valence-corrected chi connectivity index (χ3v) is 6.42. The van der Waals surface area contributed by atoms with Gasteiger partial charge in [0.1, 0.15) is 12.3 Å². The van der Waals surface area contributed by atoms with E-state index in [1.54, 1.807) is 17.9 Å². The van der Waals surface area contributed by atoms with Gasteiger partial charge >= 0.3 is 0 Å². The molecule has 1 aromatic rings. The number of aryl methyl sites for hydroxylation is 1. The molecule has 10 nitrogen and oxygen atoms in total. The highest BCUT2D eigenvalue weighted by Crippen LogP contribution is 2.37. The number of nitrogens with one attached hydrogen (secondary N) is 1. The van der Waals surface area contributed by atoms with Crippen LogP contribution in [0, 0.1) is 18.8 Å². The molecule has 4 rings (SSSR count). The molecule has 3 amide bonds. The molecule has 3 heterocycles. The average molecular weight is 463 g/mol. The van der Waals surface area contributed by atoms with E-state index >= 15 is 0 Å². The minimum atomic E-state index is -0.833. The van der Waals surface area contributed by atoms with Crippen LogP contribution >= 0.6 is 0 Å². The number of carboxylic acid groups (broad SMARTS) is 1. The molecule has 0 aromatic carbocycles. The summed E-state index contributed by atoms with van der Waals surface area (Å²) < 4.78 is 5.01. The van der Waals surface area contributed by atoms with Crippen LogP contribution in [0.25, 0.3) is 0 Å². The highest BCUT2D eigenvalue weighted by Gasteiger charge is 2.50. The summed E-state index contributed by atoms with van der Waals surface area (Å²) in [6.45, 7) is 7.49. The molecule has 10 heteroatoms. The van der Waals surface area contributed by atoms with Crippen LogP contribution in [-0.2, 0) is 14.4 Å². The Labute approximate surface area is 193 Å². The Hall–Kier alpha value is -2.91. The number of nitrogens with zero attached hydrogens (tertiary/aromatic N) is 3. The average Bonchev–Trinajstić information content (AvgIpc) is 3.27. The number of fused-ring (bicyclic) bond motifs is 1. The SMILES string of the molecule is CC(=O)O.Cc1cc(C(=O)N2CC(=O)N3[C@@H](C[C@H](C(=O)NC4CCC4)[C@@H]3CC(C)C)C2)no1. The first-order chi connectivity index (χ1) is 15.6. The fourth-order valence-corrected chi connectivity index (χ4v) is 4.83. The van der Waals surface area contributed by atoms with E-state index in [9.17, 15) is 14.4 Å². The quantitative estimate of drug-likeness (QED) is 0.682. The van der Waals surface area contributed by atoms with Crippen molar-refractivity contribution in [3.05, 3.63) is 17.5 Å². The van der Waals surface area contributed by atoms with Crippen molar-refractivity contribution in [2.24, 2.45) is 11.8 Å². The van der Waals surface area contributed by atoms with Crippen molar-refractivity contribution in [1.82, 2.24) is 20.3 Å². The van der Waals surface area contributed by atoms with Crippen LogP contribution in [0.2, 0.25) is 0 Å². The van der Waals surface area contributed by atoms with E-state index < -0.39 is 5.97 Å². The third kappa shape index (κ3) is 5.91. The van der Waals surface area contributed by atoms with Crippen molar-refractivity contribution in [2.75, 3.05) is 13.1 Å². The first-order valence-electron chi connectivity index (χ1n) is 11.6. The number of hydrogen-bond donors (Lipinski definition) is 2. The summed E-state index contributed by atoms with van der Waals surface area (Å²) in [6, 6.07) is 1.64. The molecular weight excluding hydrogens is 428 g/mol. The normalized spacial score (nSPS) is 24.6. The first kappa shape index (κ1) is 24.7. The van der Waals surface area contributed by atoms with E-state index in [-0.39, 0.29) is 54.0 Å². The Morgan fingerprint density at radius 3 is 2.48 bits per heavy atom. The molecule has 3 fully saturated rings. The van der Waals surface area contributed by atoms with Crippen LogP contribution in [0.3, 0.4) is 0 Å². The number of carbonyl (C=O) groups is 4. The van der Waals surface area contributed by atoms with Crippen LogP contribution in [-0.4, -0.2) is 75.0 Å². The minimum absolute atomic E-state index is 0.0206. The predicted octanol–water partition coefficient (Wildman–Crippen LogP) is 1.83. The molecule has 33 heavy (non-hydrogen) atoms. The van der Waals surface area contributed by atoms with Gasteiger partial charge in [-0.1, -0.05) is 19.0 Å². The van der Waals surface area contributed by atoms with Crippen molar-refractivity contribution in [1.29, 1.82) is 0 Å². The van der Waals surface area contributed by atoms with Gasteiger partial charge in [-0.3, -0.25) is 19.2 Å². The summed E-state index contributed by atoms with van der Waals surface area (Å²) in [5.74, 6) is -0.423. The number of aromatic nitrogens is 1. The number of piperazine rings is 1. The van der Waals surface area contributed by atoms with Crippen molar-refractivity contribution in [3.8, 4) is 0 Å². The Kier molecular flexibility index (Phi) is 7.76. The van der Waals surface area contributed by atoms with Crippen LogP contribution in [0.5, 0.6) is 0 Å². The number of hydrogen-bond acceptors (Lipinski definition) is 6. The van der Waals surface area contributed by atoms with E-state index in [0.29, 0.717) is 24.6 Å². The zero-order valence-electron chi connectivity index (χ0n) is 19.7. The lowest BCUT2D eigenvalue weighted by Crippen LogP contribution is -2.58. The number of aliphatic carboxylic acids is 1. The van der Waals surface area contributed by atoms with Gasteiger partial charge in [0.05, 0.1) is 12.0 Å². The zero-order valence-corrected chi connectivity index (χ0v) is 19.7. The molecule has 182 valence electrons. The lowest BCUT2D eigenvalue weighted by atomic mass is 9.89. The van der Waals surface area contributed by atoms with Gasteiger partial charge in [-0.25, -0.2) is 0 Å². The Balaban J connectivity index is 0.000000709. The maximum Gasteiger partial charge on any atom is 0.300 e. The fourth-order valence-electron chi connectivity index (χ4n) is 4.83. The molecule has 1 aromatic heterocycles. The Morgan fingerprint density at radius 1 is 1.30 bits per heavy atom. The number of carboxylic acids is 1. The smallest absolute Gasteiger partial charge is 0.300 e. The third-order valence-electron chi connectivity index (χ3n) is 6.42. The number of carbonyl (C=O) groups excluding carboxylic acids is 3. The van der Waals surface area contributed by atoms with Gasteiger partial charge < -0.3 is 24.7 Å². The van der Waals surface area contributed by atoms with Crippen LogP contribution in [0.1, 0.15) is 69.1 Å². The molecule has 2 aliphatic heterocycles. The predicted molar refractivity (Wildman–Crippen MR) is 118 cm³/mol. The van der Waals surface area contributed by atoms with E-state index in [1.165, 1.54) is 0 Å². The highest BCUT2D eigenvalue weighted by atomic mass is 16.5. The molecule has 0 unspecified atom stereocenters. The standard InChI is InChI=1S/C21H30N4O4.C2H4O2/c1-12(2)7-18-16(20(27)22-14-5-4-6-14)9-15-10-24(11-19(26)25(15)18)21(28)17-8-13(3)29-23-17;1-2(3)4/h8,12,14-16,18H,4-7,9-11H2,1-3H3,(H,22,27);1H3,(H,3,4)/t15-,16-,18-;/m0./s1. The molecule has 2 saturated heterocycles. The summed E-state index contributed by atoms with van der Waals surface area (Å²) in [5.41, 5.74) is 0.222. The van der Waals surface area contributed by atoms with Gasteiger partial charge in [-0.2, -0.15) is 0 Å². The second-order valence-electron chi connectivity index (χ2n) is 9.66. The van der Waals surface area contributed by atoms with Crippen LogP contribution in [0.4, 0.5) is 0 Å². The van der Waals surface area contributed by atoms with Crippen LogP contribution in [0.15, 0.2) is 10.6 Å². The molecule has 3 atom stereocenters. The summed E-state index contributed by atoms with van der Waals surface area (Å²) in [5, 5.41) is 14.4. The molecule has 0 radical (unpaired) electrons. The summed E-state index contributed by atoms with van der Waals surface area (Å²) in [7, 11) is 0. The zero-order chi connectivity index (χ0) is 24.3. The number of rotatable bonds is 5. The van der Waals surface area contributed by atoms with Crippen LogP contribution < -0.4 is 5.32 Å². The maximum atomic E-state index is 13.0. The second kappa shape index (κ2) is 10.4. The summed E-state index contributed by atoms with van der Waals surface area (Å²) in [6.07, 6.45) is 4.64. The molecule has 3 aliphatic rings. The summed E-state index contributed by atoms with van der Waals surface area (Å²) in [4.78, 5) is 51.2. The largest absolute Gasteiger partial charge is 0.481 e. The van der Waals surface area contributed by atoms with E-state index in [1.807, 2.05) is 4.90 Å². The maximum absolute atomic E-state index is 13.0. The van der Waals surface area contributed by atoms with Gasteiger partial charge in [0.25, 0.3) is 11.9 Å². The second-order valence-corrected chi connectivity index (χ2v) is 9.66. The van der Waals surface area contributed by atoms with Gasteiger partial charge in [-0.05, 0) is 44.9 Å². The van der Waals surface area contributed by atoms with Crippen molar-refractivity contribution < 1.29 is 28.8 Å². The van der Waals surface area contributed by atoms with Gasteiger partial charge in [0, 0.05) is 31.6 Å². The fraction of sp³-hybridized carbons (Fsp3) is 0.696. The van der Waals surface area contributed by atoms with Crippen molar-refractivity contribution in [2.45, 2.75) is 77.9 Å². The molecule has 1 saturated carbocycles. The van der Waals surface area contributed by atoms with E-state index in [0.717, 1.165) is 32.6 Å².